The fourth-order valence-corrected chi connectivity index (χ4v) is 3.26. The zero-order valence-corrected chi connectivity index (χ0v) is 12.6. The minimum absolute atomic E-state index is 0.683. The van der Waals surface area contributed by atoms with Gasteiger partial charge in [-0.25, -0.2) is 0 Å². The standard InChI is InChI=1S/C15H23N3OS/c1-2-8-16-15(18-12-14-6-4-11-20-14)17-9-7-13-5-3-10-19-13/h2-3,5,10,14H,1,4,6-9,11-12H2,(H2,16,17,18). The average molecular weight is 293 g/mol. The summed E-state index contributed by atoms with van der Waals surface area (Å²) >= 11 is 2.03. The van der Waals surface area contributed by atoms with E-state index in [1.165, 1.54) is 18.6 Å². The largest absolute Gasteiger partial charge is 0.469 e. The Bertz CT molecular complexity index is 411. The lowest BCUT2D eigenvalue weighted by atomic mass is 10.2. The van der Waals surface area contributed by atoms with Gasteiger partial charge in [0.15, 0.2) is 5.96 Å². The summed E-state index contributed by atoms with van der Waals surface area (Å²) in [5.41, 5.74) is 0. The minimum Gasteiger partial charge on any atom is -0.469 e. The first-order chi connectivity index (χ1) is 9.88. The Balaban J connectivity index is 1.75. The van der Waals surface area contributed by atoms with E-state index in [0.29, 0.717) is 5.25 Å². The lowest BCUT2D eigenvalue weighted by Gasteiger charge is -2.12. The number of aliphatic imine (C=N–C) groups is 1. The molecule has 1 aliphatic rings. The van der Waals surface area contributed by atoms with Crippen molar-refractivity contribution in [2.75, 3.05) is 25.4 Å². The van der Waals surface area contributed by atoms with Gasteiger partial charge in [0.05, 0.1) is 12.8 Å². The highest BCUT2D eigenvalue weighted by Gasteiger charge is 2.14. The predicted octanol–water partition coefficient (Wildman–Crippen LogP) is 2.44. The highest BCUT2D eigenvalue weighted by molar-refractivity contribution is 8.00. The molecule has 1 fully saturated rings. The number of guanidine groups is 1. The van der Waals surface area contributed by atoms with Crippen molar-refractivity contribution in [3.05, 3.63) is 36.8 Å². The molecule has 0 saturated carbocycles. The Morgan fingerprint density at radius 1 is 1.55 bits per heavy atom. The Labute approximate surface area is 125 Å². The van der Waals surface area contributed by atoms with Crippen molar-refractivity contribution in [1.29, 1.82) is 0 Å². The third kappa shape index (κ3) is 5.33. The van der Waals surface area contributed by atoms with Crippen LogP contribution in [-0.2, 0) is 6.42 Å². The third-order valence-electron chi connectivity index (χ3n) is 3.13. The van der Waals surface area contributed by atoms with Crippen LogP contribution in [0, 0.1) is 0 Å². The van der Waals surface area contributed by atoms with Crippen LogP contribution >= 0.6 is 11.8 Å². The lowest BCUT2D eigenvalue weighted by molar-refractivity contribution is 0.507. The van der Waals surface area contributed by atoms with Crippen molar-refractivity contribution in [2.45, 2.75) is 24.5 Å². The lowest BCUT2D eigenvalue weighted by Crippen LogP contribution is -2.39. The number of hydrogen-bond acceptors (Lipinski definition) is 3. The van der Waals surface area contributed by atoms with E-state index in [4.69, 9.17) is 4.42 Å². The molecule has 0 amide bonds. The van der Waals surface area contributed by atoms with Crippen LogP contribution in [0.3, 0.4) is 0 Å². The van der Waals surface area contributed by atoms with E-state index in [1.54, 1.807) is 6.26 Å². The monoisotopic (exact) mass is 293 g/mol. The zero-order chi connectivity index (χ0) is 14.0. The van der Waals surface area contributed by atoms with Gasteiger partial charge in [-0.05, 0) is 30.7 Å². The molecule has 1 aliphatic heterocycles. The fraction of sp³-hybridized carbons (Fsp3) is 0.533. The predicted molar refractivity (Wildman–Crippen MR) is 86.4 cm³/mol. The van der Waals surface area contributed by atoms with Gasteiger partial charge in [-0.1, -0.05) is 6.08 Å². The molecule has 5 heteroatoms. The van der Waals surface area contributed by atoms with E-state index in [0.717, 1.165) is 37.8 Å². The average Bonchev–Trinajstić information content (AvgIpc) is 3.14. The molecule has 1 unspecified atom stereocenters. The summed E-state index contributed by atoms with van der Waals surface area (Å²) in [6, 6.07) is 3.91. The molecule has 4 nitrogen and oxygen atoms in total. The smallest absolute Gasteiger partial charge is 0.191 e. The van der Waals surface area contributed by atoms with Crippen LogP contribution in [0.1, 0.15) is 18.6 Å². The number of furan rings is 1. The normalized spacial score (nSPS) is 19.0. The molecular formula is C15H23N3OS. The molecule has 2 rings (SSSR count). The van der Waals surface area contributed by atoms with E-state index in [1.807, 2.05) is 30.0 Å². The summed E-state index contributed by atoms with van der Waals surface area (Å²) in [6.07, 6.45) is 7.02. The van der Waals surface area contributed by atoms with Gasteiger partial charge in [0.2, 0.25) is 0 Å². The van der Waals surface area contributed by atoms with Crippen LogP contribution in [0.4, 0.5) is 0 Å². The number of thioether (sulfide) groups is 1. The number of nitrogens with one attached hydrogen (secondary N) is 2. The van der Waals surface area contributed by atoms with Crippen molar-refractivity contribution >= 4 is 17.7 Å². The van der Waals surface area contributed by atoms with Crippen molar-refractivity contribution in [2.24, 2.45) is 4.99 Å². The number of nitrogens with zero attached hydrogens (tertiary/aromatic N) is 1. The highest BCUT2D eigenvalue weighted by atomic mass is 32.2. The fourth-order valence-electron chi connectivity index (χ4n) is 2.08. The molecule has 0 radical (unpaired) electrons. The Hall–Kier alpha value is -1.36. The molecule has 1 aromatic rings. The summed E-state index contributed by atoms with van der Waals surface area (Å²) in [7, 11) is 0. The van der Waals surface area contributed by atoms with Gasteiger partial charge in [-0.15, -0.1) is 6.58 Å². The second-order valence-electron chi connectivity index (χ2n) is 4.75. The molecule has 110 valence electrons. The van der Waals surface area contributed by atoms with Crippen LogP contribution in [0.5, 0.6) is 0 Å². The van der Waals surface area contributed by atoms with Gasteiger partial charge < -0.3 is 15.1 Å². The molecular weight excluding hydrogens is 270 g/mol. The second-order valence-corrected chi connectivity index (χ2v) is 6.16. The number of hydrogen-bond donors (Lipinski definition) is 2. The highest BCUT2D eigenvalue weighted by Crippen LogP contribution is 2.25. The van der Waals surface area contributed by atoms with Crippen LogP contribution in [0.2, 0.25) is 0 Å². The van der Waals surface area contributed by atoms with Crippen LogP contribution in [-0.4, -0.2) is 36.6 Å². The molecule has 20 heavy (non-hydrogen) atoms. The van der Waals surface area contributed by atoms with E-state index >= 15 is 0 Å². The van der Waals surface area contributed by atoms with Gasteiger partial charge in [-0.3, -0.25) is 4.99 Å². The van der Waals surface area contributed by atoms with Crippen molar-refractivity contribution in [3.8, 4) is 0 Å². The summed E-state index contributed by atoms with van der Waals surface area (Å²) in [4.78, 5) is 4.66. The zero-order valence-electron chi connectivity index (χ0n) is 11.8. The Morgan fingerprint density at radius 3 is 3.20 bits per heavy atom. The molecule has 0 aromatic carbocycles. The first-order valence-electron chi connectivity index (χ1n) is 7.15. The summed E-state index contributed by atoms with van der Waals surface area (Å²) < 4.78 is 5.32. The molecule has 1 saturated heterocycles. The van der Waals surface area contributed by atoms with E-state index < -0.39 is 0 Å². The Kier molecular flexibility index (Phi) is 6.57. The maximum atomic E-state index is 5.32. The van der Waals surface area contributed by atoms with Crippen molar-refractivity contribution in [3.63, 3.8) is 0 Å². The number of rotatable bonds is 7. The molecule has 0 bridgehead atoms. The summed E-state index contributed by atoms with van der Waals surface area (Å²) in [5, 5.41) is 7.28. The van der Waals surface area contributed by atoms with Crippen molar-refractivity contribution < 1.29 is 4.42 Å². The van der Waals surface area contributed by atoms with Crippen LogP contribution in [0.15, 0.2) is 40.5 Å². The Morgan fingerprint density at radius 2 is 2.50 bits per heavy atom. The molecule has 2 N–H and O–H groups in total. The quantitative estimate of drug-likeness (QED) is 0.460. The van der Waals surface area contributed by atoms with Crippen molar-refractivity contribution in [1.82, 2.24) is 10.6 Å². The first-order valence-corrected chi connectivity index (χ1v) is 8.20. The molecule has 1 aromatic heterocycles. The first kappa shape index (κ1) is 15.0. The molecule has 0 aliphatic carbocycles. The molecule has 1 atom stereocenters. The maximum Gasteiger partial charge on any atom is 0.191 e. The van der Waals surface area contributed by atoms with Gasteiger partial charge in [0.1, 0.15) is 5.76 Å². The minimum atomic E-state index is 0.683. The third-order valence-corrected chi connectivity index (χ3v) is 4.52. The van der Waals surface area contributed by atoms with Gasteiger partial charge >= 0.3 is 0 Å². The summed E-state index contributed by atoms with van der Waals surface area (Å²) in [5.74, 6) is 3.14. The van der Waals surface area contributed by atoms with Gasteiger partial charge in [0, 0.05) is 24.8 Å². The van der Waals surface area contributed by atoms with Gasteiger partial charge in [0.25, 0.3) is 0 Å². The summed E-state index contributed by atoms with van der Waals surface area (Å²) in [6.45, 7) is 6.15. The van der Waals surface area contributed by atoms with Crippen LogP contribution in [0.25, 0.3) is 0 Å². The van der Waals surface area contributed by atoms with E-state index in [2.05, 4.69) is 22.2 Å². The second kappa shape index (κ2) is 8.74. The topological polar surface area (TPSA) is 49.6 Å². The maximum absolute atomic E-state index is 5.32. The SMILES string of the molecule is C=CCNC(=NCC1CCCS1)NCCc1ccco1. The van der Waals surface area contributed by atoms with E-state index in [-0.39, 0.29) is 0 Å². The molecule has 2 heterocycles. The van der Waals surface area contributed by atoms with E-state index in [9.17, 15) is 0 Å². The van der Waals surface area contributed by atoms with Crippen LogP contribution < -0.4 is 10.6 Å². The van der Waals surface area contributed by atoms with Gasteiger partial charge in [-0.2, -0.15) is 11.8 Å². The molecule has 0 spiro atoms.